The zero-order valence-electron chi connectivity index (χ0n) is 11.4. The first kappa shape index (κ1) is 16.0. The minimum atomic E-state index is -0.871. The van der Waals surface area contributed by atoms with Gasteiger partial charge in [-0.2, -0.15) is 0 Å². The summed E-state index contributed by atoms with van der Waals surface area (Å²) >= 11 is 0. The van der Waals surface area contributed by atoms with Gasteiger partial charge in [0.15, 0.2) is 11.6 Å². The lowest BCUT2D eigenvalue weighted by molar-refractivity contribution is 0.161. The molecule has 0 saturated carbocycles. The summed E-state index contributed by atoms with van der Waals surface area (Å²) in [4.78, 5) is 2.05. The molecule has 0 bridgehead atoms. The quantitative estimate of drug-likeness (QED) is 0.799. The van der Waals surface area contributed by atoms with Crippen LogP contribution in [0, 0.1) is 11.6 Å². The minimum absolute atomic E-state index is 0.0712. The van der Waals surface area contributed by atoms with Crippen molar-refractivity contribution in [1.82, 2.24) is 4.90 Å². The topological polar surface area (TPSA) is 49.5 Å². The Morgan fingerprint density at radius 2 is 1.95 bits per heavy atom. The second-order valence-electron chi connectivity index (χ2n) is 4.89. The van der Waals surface area contributed by atoms with Crippen LogP contribution in [0.25, 0.3) is 0 Å². The van der Waals surface area contributed by atoms with Crippen LogP contribution in [-0.2, 0) is 0 Å². The van der Waals surface area contributed by atoms with Gasteiger partial charge in [0.2, 0.25) is 0 Å². The second kappa shape index (κ2) is 7.53. The van der Waals surface area contributed by atoms with Gasteiger partial charge in [-0.25, -0.2) is 8.78 Å². The van der Waals surface area contributed by atoms with Crippen LogP contribution in [0.3, 0.4) is 0 Å². The molecular weight excluding hydrogens is 250 g/mol. The van der Waals surface area contributed by atoms with Gasteiger partial charge in [-0.3, -0.25) is 4.90 Å². The van der Waals surface area contributed by atoms with E-state index < -0.39 is 17.7 Å². The fourth-order valence-corrected chi connectivity index (χ4v) is 2.02. The molecule has 0 spiro atoms. The number of halogens is 2. The number of nitrogens with zero attached hydrogens (tertiary/aromatic N) is 1. The van der Waals surface area contributed by atoms with E-state index in [0.717, 1.165) is 6.07 Å². The number of aliphatic hydroxyl groups is 1. The standard InChI is InChI=1S/C14H22F2N2O/c1-10(2)18(8-9-19)7-6-13(17)11-4-3-5-12(15)14(11)16/h3-5,10,13,19H,6-9,17H2,1-2H3. The molecule has 1 unspecified atom stereocenters. The molecule has 3 N–H and O–H groups in total. The number of rotatable bonds is 7. The van der Waals surface area contributed by atoms with Crippen LogP contribution >= 0.6 is 0 Å². The summed E-state index contributed by atoms with van der Waals surface area (Å²) in [5, 5.41) is 8.97. The third-order valence-electron chi connectivity index (χ3n) is 3.23. The van der Waals surface area contributed by atoms with Gasteiger partial charge < -0.3 is 10.8 Å². The van der Waals surface area contributed by atoms with Crippen molar-refractivity contribution in [3.05, 3.63) is 35.4 Å². The van der Waals surface area contributed by atoms with E-state index in [1.54, 1.807) is 0 Å². The van der Waals surface area contributed by atoms with E-state index in [-0.39, 0.29) is 18.2 Å². The molecule has 3 nitrogen and oxygen atoms in total. The van der Waals surface area contributed by atoms with Crippen molar-refractivity contribution < 1.29 is 13.9 Å². The summed E-state index contributed by atoms with van der Waals surface area (Å²) in [5.41, 5.74) is 6.12. The zero-order valence-corrected chi connectivity index (χ0v) is 11.4. The SMILES string of the molecule is CC(C)N(CCO)CCC(N)c1cccc(F)c1F. The maximum absolute atomic E-state index is 13.6. The van der Waals surface area contributed by atoms with E-state index >= 15 is 0 Å². The van der Waals surface area contributed by atoms with E-state index in [9.17, 15) is 8.78 Å². The predicted octanol–water partition coefficient (Wildman–Crippen LogP) is 2.06. The van der Waals surface area contributed by atoms with E-state index in [4.69, 9.17) is 10.8 Å². The number of nitrogens with two attached hydrogens (primary N) is 1. The monoisotopic (exact) mass is 272 g/mol. The van der Waals surface area contributed by atoms with Gasteiger partial charge in [0, 0.05) is 30.7 Å². The Balaban J connectivity index is 2.64. The molecule has 1 aromatic rings. The minimum Gasteiger partial charge on any atom is -0.395 e. The third kappa shape index (κ3) is 4.53. The Kier molecular flexibility index (Phi) is 6.34. The van der Waals surface area contributed by atoms with Crippen molar-refractivity contribution in [1.29, 1.82) is 0 Å². The summed E-state index contributed by atoms with van der Waals surface area (Å²) in [6.07, 6.45) is 0.512. The summed E-state index contributed by atoms with van der Waals surface area (Å²) in [6, 6.07) is 3.78. The van der Waals surface area contributed by atoms with Crippen molar-refractivity contribution in [3.8, 4) is 0 Å². The summed E-state index contributed by atoms with van der Waals surface area (Å²) < 4.78 is 26.7. The Labute approximate surface area is 113 Å². The smallest absolute Gasteiger partial charge is 0.163 e. The maximum atomic E-state index is 13.6. The molecule has 1 aromatic carbocycles. The predicted molar refractivity (Wildman–Crippen MR) is 71.7 cm³/mol. The Morgan fingerprint density at radius 3 is 2.53 bits per heavy atom. The van der Waals surface area contributed by atoms with Gasteiger partial charge in [-0.05, 0) is 26.3 Å². The number of hydrogen-bond donors (Lipinski definition) is 2. The lowest BCUT2D eigenvalue weighted by atomic mass is 10.0. The average molecular weight is 272 g/mol. The molecule has 0 fully saturated rings. The average Bonchev–Trinajstić information content (AvgIpc) is 2.37. The highest BCUT2D eigenvalue weighted by Gasteiger charge is 2.16. The molecule has 0 radical (unpaired) electrons. The van der Waals surface area contributed by atoms with Crippen molar-refractivity contribution in [2.45, 2.75) is 32.4 Å². The van der Waals surface area contributed by atoms with Crippen LogP contribution in [0.4, 0.5) is 8.78 Å². The molecule has 1 atom stereocenters. The Morgan fingerprint density at radius 1 is 1.26 bits per heavy atom. The molecular formula is C14H22F2N2O. The highest BCUT2D eigenvalue weighted by atomic mass is 19.2. The molecule has 0 aliphatic heterocycles. The van der Waals surface area contributed by atoms with Crippen LogP contribution in [-0.4, -0.2) is 35.7 Å². The van der Waals surface area contributed by atoms with Gasteiger partial charge in [-0.1, -0.05) is 12.1 Å². The largest absolute Gasteiger partial charge is 0.395 e. The molecule has 0 aliphatic rings. The molecule has 0 amide bonds. The molecule has 19 heavy (non-hydrogen) atoms. The summed E-state index contributed by atoms with van der Waals surface area (Å²) in [5.74, 6) is -1.74. The van der Waals surface area contributed by atoms with Crippen molar-refractivity contribution >= 4 is 0 Å². The first-order chi connectivity index (χ1) is 8.97. The molecule has 108 valence electrons. The number of benzene rings is 1. The molecule has 0 saturated heterocycles. The number of aliphatic hydroxyl groups excluding tert-OH is 1. The first-order valence-corrected chi connectivity index (χ1v) is 6.51. The highest BCUT2D eigenvalue weighted by molar-refractivity contribution is 5.22. The van der Waals surface area contributed by atoms with Gasteiger partial charge in [-0.15, -0.1) is 0 Å². The first-order valence-electron chi connectivity index (χ1n) is 6.51. The van der Waals surface area contributed by atoms with Gasteiger partial charge in [0.25, 0.3) is 0 Å². The van der Waals surface area contributed by atoms with Crippen LogP contribution in [0.15, 0.2) is 18.2 Å². The normalized spacial score (nSPS) is 13.3. The Hall–Kier alpha value is -1.04. The van der Waals surface area contributed by atoms with Crippen molar-refractivity contribution in [2.75, 3.05) is 19.7 Å². The third-order valence-corrected chi connectivity index (χ3v) is 3.23. The second-order valence-corrected chi connectivity index (χ2v) is 4.89. The molecule has 5 heteroatoms. The molecule has 0 heterocycles. The van der Waals surface area contributed by atoms with E-state index in [1.165, 1.54) is 12.1 Å². The van der Waals surface area contributed by atoms with Gasteiger partial charge in [0.1, 0.15) is 0 Å². The van der Waals surface area contributed by atoms with Gasteiger partial charge >= 0.3 is 0 Å². The van der Waals surface area contributed by atoms with Crippen LogP contribution in [0.1, 0.15) is 31.9 Å². The molecule has 0 aromatic heterocycles. The highest BCUT2D eigenvalue weighted by Crippen LogP contribution is 2.20. The fourth-order valence-electron chi connectivity index (χ4n) is 2.02. The maximum Gasteiger partial charge on any atom is 0.163 e. The molecule has 1 rings (SSSR count). The van der Waals surface area contributed by atoms with E-state index in [2.05, 4.69) is 4.90 Å². The van der Waals surface area contributed by atoms with E-state index in [0.29, 0.717) is 19.5 Å². The lowest BCUT2D eigenvalue weighted by Crippen LogP contribution is -2.35. The molecule has 0 aliphatic carbocycles. The fraction of sp³-hybridized carbons (Fsp3) is 0.571. The van der Waals surface area contributed by atoms with Crippen molar-refractivity contribution in [3.63, 3.8) is 0 Å². The number of hydrogen-bond acceptors (Lipinski definition) is 3. The summed E-state index contributed by atoms with van der Waals surface area (Å²) in [7, 11) is 0. The zero-order chi connectivity index (χ0) is 14.4. The van der Waals surface area contributed by atoms with Crippen LogP contribution in [0.5, 0.6) is 0 Å². The van der Waals surface area contributed by atoms with Crippen LogP contribution in [0.2, 0.25) is 0 Å². The van der Waals surface area contributed by atoms with Crippen LogP contribution < -0.4 is 5.73 Å². The van der Waals surface area contributed by atoms with Crippen molar-refractivity contribution in [2.24, 2.45) is 5.73 Å². The lowest BCUT2D eigenvalue weighted by Gasteiger charge is -2.27. The van der Waals surface area contributed by atoms with Gasteiger partial charge in [0.05, 0.1) is 6.61 Å². The summed E-state index contributed by atoms with van der Waals surface area (Å²) in [6.45, 7) is 5.29. The Bertz CT molecular complexity index is 399. The van der Waals surface area contributed by atoms with E-state index in [1.807, 2.05) is 13.8 Å².